The van der Waals surface area contributed by atoms with Crippen molar-refractivity contribution in [1.82, 2.24) is 9.97 Å². The van der Waals surface area contributed by atoms with Crippen LogP contribution in [0.2, 0.25) is 0 Å². The van der Waals surface area contributed by atoms with Gasteiger partial charge in [-0.05, 0) is 24.3 Å². The summed E-state index contributed by atoms with van der Waals surface area (Å²) in [5.74, 6) is 0.976. The predicted molar refractivity (Wildman–Crippen MR) is 139 cm³/mol. The molecule has 0 saturated heterocycles. The van der Waals surface area contributed by atoms with Crippen LogP contribution in [0.25, 0.3) is 54.5 Å². The first-order chi connectivity index (χ1) is 17.6. The molecule has 10 heteroatoms. The second kappa shape index (κ2) is 8.74. The summed E-state index contributed by atoms with van der Waals surface area (Å²) in [5, 5.41) is 6.28. The van der Waals surface area contributed by atoms with Gasteiger partial charge in [-0.15, -0.1) is 22.7 Å². The lowest BCUT2D eigenvalue weighted by molar-refractivity contribution is 0.407. The van der Waals surface area contributed by atoms with E-state index in [0.29, 0.717) is 55.2 Å². The monoisotopic (exact) mass is 516 g/mol. The van der Waals surface area contributed by atoms with Crippen molar-refractivity contribution in [3.63, 3.8) is 0 Å². The minimum Gasteiger partial charge on any atom is -0.493 e. The third-order valence-corrected chi connectivity index (χ3v) is 7.46. The van der Waals surface area contributed by atoms with Crippen molar-refractivity contribution in [2.24, 2.45) is 0 Å². The molecule has 6 aromatic rings. The van der Waals surface area contributed by atoms with Gasteiger partial charge in [-0.3, -0.25) is 0 Å². The molecule has 36 heavy (non-hydrogen) atoms. The molecular weight excluding hydrogens is 500 g/mol. The predicted octanol–water partition coefficient (Wildman–Crippen LogP) is 5.83. The number of thiazole rings is 2. The van der Waals surface area contributed by atoms with Crippen molar-refractivity contribution in [2.75, 3.05) is 14.2 Å². The SMILES string of the molecule is COc1cccc2cc(-c3csc(-c4nc(-c5cc6cccc(OC)c6oc5=O)cs4)n3)c(=O)oc12. The average Bonchev–Trinajstić information content (AvgIpc) is 3.57. The van der Waals surface area contributed by atoms with E-state index in [0.717, 1.165) is 10.8 Å². The van der Waals surface area contributed by atoms with E-state index in [9.17, 15) is 9.59 Å². The fourth-order valence-corrected chi connectivity index (χ4v) is 5.60. The molecule has 0 fully saturated rings. The molecular formula is C26H16N2O6S2. The number of rotatable bonds is 5. The zero-order valence-corrected chi connectivity index (χ0v) is 20.6. The molecule has 0 radical (unpaired) electrons. The van der Waals surface area contributed by atoms with E-state index in [1.165, 1.54) is 36.9 Å². The number of fused-ring (bicyclic) bond motifs is 2. The maximum atomic E-state index is 12.7. The van der Waals surface area contributed by atoms with Gasteiger partial charge in [0.15, 0.2) is 32.7 Å². The Bertz CT molecular complexity index is 1740. The maximum Gasteiger partial charge on any atom is 0.345 e. The number of aromatic nitrogens is 2. The highest BCUT2D eigenvalue weighted by molar-refractivity contribution is 7.20. The van der Waals surface area contributed by atoms with E-state index in [2.05, 4.69) is 9.97 Å². The smallest absolute Gasteiger partial charge is 0.345 e. The zero-order valence-electron chi connectivity index (χ0n) is 18.9. The van der Waals surface area contributed by atoms with Gasteiger partial charge in [0.05, 0.1) is 36.7 Å². The highest BCUT2D eigenvalue weighted by atomic mass is 32.1. The van der Waals surface area contributed by atoms with Crippen LogP contribution in [0.3, 0.4) is 0 Å². The Morgan fingerprint density at radius 1 is 0.694 bits per heavy atom. The minimum atomic E-state index is -0.507. The summed E-state index contributed by atoms with van der Waals surface area (Å²) in [5.41, 5.74) is 1.44. The summed E-state index contributed by atoms with van der Waals surface area (Å²) in [7, 11) is 3.05. The van der Waals surface area contributed by atoms with Crippen molar-refractivity contribution >= 4 is 44.6 Å². The fourth-order valence-electron chi connectivity index (χ4n) is 3.91. The third-order valence-electron chi connectivity index (χ3n) is 5.63. The van der Waals surface area contributed by atoms with Crippen molar-refractivity contribution in [3.8, 4) is 44.0 Å². The lowest BCUT2D eigenvalue weighted by Crippen LogP contribution is -2.03. The van der Waals surface area contributed by atoms with E-state index in [1.807, 2.05) is 24.3 Å². The van der Waals surface area contributed by atoms with Crippen molar-refractivity contribution in [1.29, 1.82) is 0 Å². The molecule has 0 aliphatic rings. The van der Waals surface area contributed by atoms with Crippen molar-refractivity contribution < 1.29 is 18.3 Å². The Kier molecular flexibility index (Phi) is 5.39. The molecule has 0 bridgehead atoms. The molecule has 0 amide bonds. The maximum absolute atomic E-state index is 12.7. The summed E-state index contributed by atoms with van der Waals surface area (Å²) >= 11 is 2.71. The highest BCUT2D eigenvalue weighted by Gasteiger charge is 2.18. The lowest BCUT2D eigenvalue weighted by Gasteiger charge is -2.04. The Morgan fingerprint density at radius 2 is 1.14 bits per heavy atom. The summed E-state index contributed by atoms with van der Waals surface area (Å²) in [4.78, 5) is 34.6. The Morgan fingerprint density at radius 3 is 1.56 bits per heavy atom. The summed E-state index contributed by atoms with van der Waals surface area (Å²) in [6.07, 6.45) is 0. The lowest BCUT2D eigenvalue weighted by atomic mass is 10.1. The van der Waals surface area contributed by atoms with Gasteiger partial charge < -0.3 is 18.3 Å². The summed E-state index contributed by atoms with van der Waals surface area (Å²) in [6.45, 7) is 0. The molecule has 6 rings (SSSR count). The van der Waals surface area contributed by atoms with Crippen LogP contribution in [0.4, 0.5) is 0 Å². The first-order valence-corrected chi connectivity index (χ1v) is 12.5. The van der Waals surface area contributed by atoms with Crippen LogP contribution in [0.15, 0.2) is 77.7 Å². The standard InChI is InChI=1S/C26H16N2O6S2/c1-31-19-7-3-5-13-9-15(25(29)33-21(13)19)17-11-35-23(27-17)24-28-18(12-36-24)16-10-14-6-4-8-20(32-2)22(14)34-26(16)30/h3-12H,1-2H3. The molecule has 0 unspecified atom stereocenters. The van der Waals surface area contributed by atoms with E-state index in [4.69, 9.17) is 18.3 Å². The molecule has 0 spiro atoms. The van der Waals surface area contributed by atoms with Crippen LogP contribution in [0, 0.1) is 0 Å². The van der Waals surface area contributed by atoms with Crippen LogP contribution in [0.5, 0.6) is 11.5 Å². The third kappa shape index (κ3) is 3.67. The van der Waals surface area contributed by atoms with E-state index in [1.54, 1.807) is 35.0 Å². The largest absolute Gasteiger partial charge is 0.493 e. The average molecular weight is 517 g/mol. The molecule has 0 aliphatic carbocycles. The fraction of sp³-hybridized carbons (Fsp3) is 0.0769. The quantitative estimate of drug-likeness (QED) is 0.264. The van der Waals surface area contributed by atoms with Gasteiger partial charge in [0.1, 0.15) is 0 Å². The van der Waals surface area contributed by atoms with E-state index >= 15 is 0 Å². The van der Waals surface area contributed by atoms with Gasteiger partial charge in [0.25, 0.3) is 0 Å². The van der Waals surface area contributed by atoms with E-state index in [-0.39, 0.29) is 0 Å². The Labute approximate surface area is 211 Å². The topological polar surface area (TPSA) is 105 Å². The number of nitrogens with zero attached hydrogens (tertiary/aromatic N) is 2. The number of hydrogen-bond donors (Lipinski definition) is 0. The molecule has 8 nitrogen and oxygen atoms in total. The molecule has 0 N–H and O–H groups in total. The van der Waals surface area contributed by atoms with Gasteiger partial charge in [-0.2, -0.15) is 0 Å². The van der Waals surface area contributed by atoms with Crippen LogP contribution < -0.4 is 20.7 Å². The zero-order chi connectivity index (χ0) is 24.8. The number of benzene rings is 2. The minimum absolute atomic E-state index is 0.346. The van der Waals surface area contributed by atoms with Gasteiger partial charge in [0.2, 0.25) is 0 Å². The van der Waals surface area contributed by atoms with Crippen LogP contribution in [-0.4, -0.2) is 24.2 Å². The van der Waals surface area contributed by atoms with Gasteiger partial charge in [-0.1, -0.05) is 24.3 Å². The second-order valence-electron chi connectivity index (χ2n) is 7.73. The first kappa shape index (κ1) is 22.2. The highest BCUT2D eigenvalue weighted by Crippen LogP contribution is 2.34. The number of hydrogen-bond acceptors (Lipinski definition) is 10. The number of para-hydroxylation sites is 2. The summed E-state index contributed by atoms with van der Waals surface area (Å²) in [6, 6.07) is 14.3. The van der Waals surface area contributed by atoms with Crippen LogP contribution in [-0.2, 0) is 0 Å². The first-order valence-electron chi connectivity index (χ1n) is 10.7. The molecule has 0 aliphatic heterocycles. The van der Waals surface area contributed by atoms with E-state index < -0.39 is 11.3 Å². The van der Waals surface area contributed by atoms with Gasteiger partial charge in [-0.25, -0.2) is 19.6 Å². The number of ether oxygens (including phenoxy) is 2. The molecule has 0 atom stereocenters. The van der Waals surface area contributed by atoms with Crippen LogP contribution in [0.1, 0.15) is 0 Å². The molecule has 178 valence electrons. The summed E-state index contributed by atoms with van der Waals surface area (Å²) < 4.78 is 21.6. The molecule has 4 aromatic heterocycles. The van der Waals surface area contributed by atoms with Crippen LogP contribution >= 0.6 is 22.7 Å². The molecule has 4 heterocycles. The Balaban J connectivity index is 1.37. The van der Waals surface area contributed by atoms with Crippen molar-refractivity contribution in [2.45, 2.75) is 0 Å². The number of methoxy groups -OCH3 is 2. The molecule has 2 aromatic carbocycles. The second-order valence-corrected chi connectivity index (χ2v) is 9.44. The Hall–Kier alpha value is -4.28. The molecule has 0 saturated carbocycles. The van der Waals surface area contributed by atoms with Gasteiger partial charge in [0, 0.05) is 21.5 Å². The van der Waals surface area contributed by atoms with Crippen molar-refractivity contribution in [3.05, 3.63) is 80.1 Å². The normalized spacial score (nSPS) is 11.3. The van der Waals surface area contributed by atoms with Gasteiger partial charge >= 0.3 is 11.3 Å².